The lowest BCUT2D eigenvalue weighted by atomic mass is 9.95. The van der Waals surface area contributed by atoms with Crippen LogP contribution in [0.25, 0.3) is 0 Å². The molecule has 0 saturated heterocycles. The number of phenolic OH excluding ortho intramolecular Hbond substituents is 1. The summed E-state index contributed by atoms with van der Waals surface area (Å²) >= 11 is 3.39. The molecule has 0 aliphatic carbocycles. The second-order valence-corrected chi connectivity index (χ2v) is 5.46. The third-order valence-electron chi connectivity index (χ3n) is 3.31. The van der Waals surface area contributed by atoms with Gasteiger partial charge in [-0.1, -0.05) is 28.9 Å². The molecule has 19 heavy (non-hydrogen) atoms. The fourth-order valence-corrected chi connectivity index (χ4v) is 2.62. The van der Waals surface area contributed by atoms with Crippen LogP contribution in [0, 0.1) is 0 Å². The van der Waals surface area contributed by atoms with E-state index in [0.717, 1.165) is 18.2 Å². The summed E-state index contributed by atoms with van der Waals surface area (Å²) in [5.41, 5.74) is -0.0654. The molecule has 1 aromatic carbocycles. The molecule has 0 saturated carbocycles. The minimum atomic E-state index is -0.296. The van der Waals surface area contributed by atoms with Crippen LogP contribution in [0.4, 0.5) is 0 Å². The number of hydrogen-bond donors (Lipinski definition) is 2. The fraction of sp³-hybridized carbons (Fsp3) is 0.500. The average molecular weight is 330 g/mol. The van der Waals surface area contributed by atoms with Gasteiger partial charge in [-0.05, 0) is 31.9 Å². The Morgan fingerprint density at radius 3 is 2.74 bits per heavy atom. The lowest BCUT2D eigenvalue weighted by Crippen LogP contribution is -2.45. The van der Waals surface area contributed by atoms with Crippen LogP contribution < -0.4 is 10.1 Å². The maximum Gasteiger partial charge on any atom is 0.255 e. The predicted molar refractivity (Wildman–Crippen MR) is 79.2 cm³/mol. The van der Waals surface area contributed by atoms with E-state index in [4.69, 9.17) is 4.74 Å². The van der Waals surface area contributed by atoms with E-state index in [1.165, 1.54) is 7.11 Å². The van der Waals surface area contributed by atoms with E-state index in [2.05, 4.69) is 21.2 Å². The summed E-state index contributed by atoms with van der Waals surface area (Å²) < 4.78 is 5.00. The summed E-state index contributed by atoms with van der Waals surface area (Å²) in [5, 5.41) is 13.7. The normalized spacial score (nSPS) is 13.7. The molecule has 1 amide bonds. The molecule has 1 unspecified atom stereocenters. The monoisotopic (exact) mass is 329 g/mol. The first-order valence-electron chi connectivity index (χ1n) is 6.22. The van der Waals surface area contributed by atoms with Gasteiger partial charge < -0.3 is 15.2 Å². The number of ether oxygens (including phenoxy) is 1. The van der Waals surface area contributed by atoms with Crippen LogP contribution >= 0.6 is 15.9 Å². The second kappa shape index (κ2) is 6.80. The summed E-state index contributed by atoms with van der Waals surface area (Å²) in [6.45, 7) is 4.01. The third kappa shape index (κ3) is 3.86. The zero-order valence-electron chi connectivity index (χ0n) is 11.5. The number of benzene rings is 1. The van der Waals surface area contributed by atoms with E-state index < -0.39 is 0 Å². The highest BCUT2D eigenvalue weighted by Crippen LogP contribution is 2.30. The molecule has 1 rings (SSSR count). The topological polar surface area (TPSA) is 58.6 Å². The van der Waals surface area contributed by atoms with Gasteiger partial charge in [0.1, 0.15) is 0 Å². The fourth-order valence-electron chi connectivity index (χ4n) is 1.75. The van der Waals surface area contributed by atoms with Crippen molar-refractivity contribution in [3.05, 3.63) is 23.8 Å². The summed E-state index contributed by atoms with van der Waals surface area (Å²) in [6, 6.07) is 4.88. The standard InChI is InChI=1S/C14H20BrNO3/c1-4-14(2,8-9-15)16-13(18)10-6-5-7-11(19-3)12(10)17/h5-7,17H,4,8-9H2,1-3H3,(H,16,18). The van der Waals surface area contributed by atoms with Gasteiger partial charge >= 0.3 is 0 Å². The molecule has 0 fully saturated rings. The Bertz CT molecular complexity index is 450. The highest BCUT2D eigenvalue weighted by Gasteiger charge is 2.25. The highest BCUT2D eigenvalue weighted by molar-refractivity contribution is 9.09. The van der Waals surface area contributed by atoms with E-state index in [-0.39, 0.29) is 22.8 Å². The molecule has 4 nitrogen and oxygen atoms in total. The van der Waals surface area contributed by atoms with Gasteiger partial charge in [0.25, 0.3) is 5.91 Å². The van der Waals surface area contributed by atoms with Crippen LogP contribution in [0.1, 0.15) is 37.0 Å². The number of hydrogen-bond acceptors (Lipinski definition) is 3. The Labute approximate surface area is 122 Å². The van der Waals surface area contributed by atoms with Gasteiger partial charge in [-0.2, -0.15) is 0 Å². The molecule has 0 heterocycles. The number of methoxy groups -OCH3 is 1. The van der Waals surface area contributed by atoms with Crippen molar-refractivity contribution in [1.29, 1.82) is 0 Å². The van der Waals surface area contributed by atoms with E-state index >= 15 is 0 Å². The van der Waals surface area contributed by atoms with Crippen molar-refractivity contribution in [3.8, 4) is 11.5 Å². The minimum Gasteiger partial charge on any atom is -0.504 e. The van der Waals surface area contributed by atoms with Crippen LogP contribution in [-0.2, 0) is 0 Å². The van der Waals surface area contributed by atoms with Crippen LogP contribution in [0.5, 0.6) is 11.5 Å². The first-order valence-corrected chi connectivity index (χ1v) is 7.34. The molecule has 0 aromatic heterocycles. The number of aromatic hydroxyl groups is 1. The maximum atomic E-state index is 12.2. The number of carbonyl (C=O) groups excluding carboxylic acids is 1. The van der Waals surface area contributed by atoms with E-state index in [0.29, 0.717) is 5.75 Å². The SMILES string of the molecule is CCC(C)(CCBr)NC(=O)c1cccc(OC)c1O. The number of halogens is 1. The number of nitrogens with one attached hydrogen (secondary N) is 1. The molecule has 0 radical (unpaired) electrons. The lowest BCUT2D eigenvalue weighted by molar-refractivity contribution is 0.0898. The first-order chi connectivity index (χ1) is 8.97. The molecule has 1 aromatic rings. The van der Waals surface area contributed by atoms with E-state index in [1.54, 1.807) is 18.2 Å². The summed E-state index contributed by atoms with van der Waals surface area (Å²) in [7, 11) is 1.46. The summed E-state index contributed by atoms with van der Waals surface area (Å²) in [6.07, 6.45) is 1.63. The Morgan fingerprint density at radius 1 is 1.53 bits per heavy atom. The van der Waals surface area contributed by atoms with Gasteiger partial charge in [0, 0.05) is 10.9 Å². The van der Waals surface area contributed by atoms with Crippen molar-refractivity contribution in [2.24, 2.45) is 0 Å². The van der Waals surface area contributed by atoms with Crippen molar-refractivity contribution in [2.75, 3.05) is 12.4 Å². The predicted octanol–water partition coefficient (Wildman–Crippen LogP) is 3.08. The minimum absolute atomic E-state index is 0.125. The van der Waals surface area contributed by atoms with Crippen LogP contribution in [-0.4, -0.2) is 29.0 Å². The molecule has 0 bridgehead atoms. The van der Waals surface area contributed by atoms with Crippen molar-refractivity contribution in [3.63, 3.8) is 0 Å². The number of phenols is 1. The smallest absolute Gasteiger partial charge is 0.255 e. The van der Waals surface area contributed by atoms with E-state index in [9.17, 15) is 9.90 Å². The number of alkyl halides is 1. The zero-order valence-corrected chi connectivity index (χ0v) is 13.1. The second-order valence-electron chi connectivity index (χ2n) is 4.66. The molecule has 2 N–H and O–H groups in total. The molecular formula is C14H20BrNO3. The molecule has 5 heteroatoms. The quantitative estimate of drug-likeness (QED) is 0.788. The van der Waals surface area contributed by atoms with E-state index in [1.807, 2.05) is 13.8 Å². The zero-order chi connectivity index (χ0) is 14.5. The highest BCUT2D eigenvalue weighted by atomic mass is 79.9. The number of para-hydroxylation sites is 1. The number of amides is 1. The Balaban J connectivity index is 2.95. The number of carbonyl (C=O) groups is 1. The van der Waals surface area contributed by atoms with Gasteiger partial charge in [-0.25, -0.2) is 0 Å². The lowest BCUT2D eigenvalue weighted by Gasteiger charge is -2.29. The molecule has 0 spiro atoms. The van der Waals surface area contributed by atoms with Gasteiger partial charge in [0.05, 0.1) is 12.7 Å². The van der Waals surface area contributed by atoms with Crippen molar-refractivity contribution >= 4 is 21.8 Å². The van der Waals surface area contributed by atoms with Crippen LogP contribution in [0.3, 0.4) is 0 Å². The maximum absolute atomic E-state index is 12.2. The van der Waals surface area contributed by atoms with Gasteiger partial charge in [0.15, 0.2) is 11.5 Å². The van der Waals surface area contributed by atoms with Gasteiger partial charge in [-0.15, -0.1) is 0 Å². The molecule has 106 valence electrons. The Kier molecular flexibility index (Phi) is 5.66. The summed E-state index contributed by atoms with van der Waals surface area (Å²) in [4.78, 5) is 12.2. The largest absolute Gasteiger partial charge is 0.504 e. The van der Waals surface area contributed by atoms with Crippen LogP contribution in [0.2, 0.25) is 0 Å². The third-order valence-corrected chi connectivity index (χ3v) is 3.70. The molecular weight excluding hydrogens is 310 g/mol. The molecule has 0 aliphatic heterocycles. The van der Waals surface area contributed by atoms with Crippen molar-refractivity contribution in [1.82, 2.24) is 5.32 Å². The van der Waals surface area contributed by atoms with Crippen molar-refractivity contribution in [2.45, 2.75) is 32.2 Å². The average Bonchev–Trinajstić information content (AvgIpc) is 2.39. The van der Waals surface area contributed by atoms with Gasteiger partial charge in [0.2, 0.25) is 0 Å². The Hall–Kier alpha value is -1.23. The summed E-state index contributed by atoms with van der Waals surface area (Å²) in [5.74, 6) is -0.118. The molecule has 0 aliphatic rings. The van der Waals surface area contributed by atoms with Crippen LogP contribution in [0.15, 0.2) is 18.2 Å². The van der Waals surface area contributed by atoms with Gasteiger partial charge in [-0.3, -0.25) is 4.79 Å². The molecule has 1 atom stereocenters. The van der Waals surface area contributed by atoms with Crippen molar-refractivity contribution < 1.29 is 14.6 Å². The number of rotatable bonds is 6. The first kappa shape index (κ1) is 15.8. The Morgan fingerprint density at radius 2 is 2.21 bits per heavy atom.